The summed E-state index contributed by atoms with van der Waals surface area (Å²) >= 11 is 0. The van der Waals surface area contributed by atoms with E-state index in [4.69, 9.17) is 4.74 Å². The van der Waals surface area contributed by atoms with Gasteiger partial charge in [-0.05, 0) is 17.7 Å². The van der Waals surface area contributed by atoms with Gasteiger partial charge in [0.2, 0.25) is 0 Å². The van der Waals surface area contributed by atoms with Crippen LogP contribution < -0.4 is 0 Å². The number of cyclic esters (lactones) is 1. The molecule has 1 aromatic rings. The average molecular weight is 231 g/mol. The summed E-state index contributed by atoms with van der Waals surface area (Å²) in [5.41, 5.74) is 1.50. The zero-order chi connectivity index (χ0) is 12.1. The minimum Gasteiger partial charge on any atom is -0.418 e. The fourth-order valence-electron chi connectivity index (χ4n) is 1.59. The van der Waals surface area contributed by atoms with Crippen LogP contribution in [0.2, 0.25) is 0 Å². The van der Waals surface area contributed by atoms with Gasteiger partial charge < -0.3 is 9.84 Å². The Balaban J connectivity index is 2.20. The topological polar surface area (TPSA) is 49.8 Å². The highest BCUT2D eigenvalue weighted by Crippen LogP contribution is 2.15. The van der Waals surface area contributed by atoms with E-state index in [-0.39, 0.29) is 6.61 Å². The van der Waals surface area contributed by atoms with E-state index < -0.39 is 6.09 Å². The summed E-state index contributed by atoms with van der Waals surface area (Å²) < 4.78 is 4.86. The van der Waals surface area contributed by atoms with Crippen LogP contribution in [0.5, 0.6) is 0 Å². The van der Waals surface area contributed by atoms with Gasteiger partial charge in [0.05, 0.1) is 25.1 Å². The van der Waals surface area contributed by atoms with E-state index in [0.717, 1.165) is 5.56 Å². The van der Waals surface area contributed by atoms with Crippen molar-refractivity contribution in [2.75, 3.05) is 6.61 Å². The Morgan fingerprint density at radius 2 is 2.00 bits per heavy atom. The molecule has 0 atom stereocenters. The standard InChI is InChI=1S/C13H13NO3/c15-10-12-7-4-8-17-13(16)14(12)9-11-5-2-1-3-6-11/h1-8,15H,9-10H2. The molecule has 4 heteroatoms. The Bertz CT molecular complexity index is 451. The van der Waals surface area contributed by atoms with Crippen LogP contribution in [0.15, 0.2) is 54.4 Å². The molecule has 0 aromatic heterocycles. The van der Waals surface area contributed by atoms with E-state index in [1.54, 1.807) is 12.2 Å². The van der Waals surface area contributed by atoms with Crippen molar-refractivity contribution in [3.63, 3.8) is 0 Å². The lowest BCUT2D eigenvalue weighted by Gasteiger charge is -2.21. The lowest BCUT2D eigenvalue weighted by molar-refractivity contribution is 0.142. The maximum absolute atomic E-state index is 11.7. The van der Waals surface area contributed by atoms with Gasteiger partial charge in [0, 0.05) is 0 Å². The molecule has 0 aliphatic carbocycles. The van der Waals surface area contributed by atoms with E-state index in [1.165, 1.54) is 11.2 Å². The van der Waals surface area contributed by atoms with Crippen LogP contribution in [0, 0.1) is 0 Å². The molecule has 0 radical (unpaired) electrons. The number of aliphatic hydroxyl groups is 1. The molecule has 0 saturated carbocycles. The summed E-state index contributed by atoms with van der Waals surface area (Å²) in [5.74, 6) is 0. The fraction of sp³-hybridized carbons (Fsp3) is 0.154. The molecule has 1 aliphatic heterocycles. The van der Waals surface area contributed by atoms with Crippen molar-refractivity contribution >= 4 is 6.09 Å². The van der Waals surface area contributed by atoms with Crippen molar-refractivity contribution < 1.29 is 14.6 Å². The van der Waals surface area contributed by atoms with E-state index >= 15 is 0 Å². The van der Waals surface area contributed by atoms with Crippen molar-refractivity contribution in [1.29, 1.82) is 0 Å². The van der Waals surface area contributed by atoms with Crippen LogP contribution in [-0.2, 0) is 11.3 Å². The highest BCUT2D eigenvalue weighted by atomic mass is 16.5. The average Bonchev–Trinajstić information content (AvgIpc) is 2.54. The minimum atomic E-state index is -0.483. The molecule has 0 unspecified atom stereocenters. The Hall–Kier alpha value is -2.07. The van der Waals surface area contributed by atoms with Crippen LogP contribution in [0.1, 0.15) is 5.56 Å². The Kier molecular flexibility index (Phi) is 3.57. The number of hydrogen-bond acceptors (Lipinski definition) is 3. The quantitative estimate of drug-likeness (QED) is 0.865. The number of aliphatic hydroxyl groups excluding tert-OH is 1. The molecular formula is C13H13NO3. The van der Waals surface area contributed by atoms with Gasteiger partial charge in [0.15, 0.2) is 0 Å². The van der Waals surface area contributed by atoms with Gasteiger partial charge in [0.1, 0.15) is 0 Å². The number of carbonyl (C=O) groups excluding carboxylic acids is 1. The number of nitrogens with zero attached hydrogens (tertiary/aromatic N) is 1. The largest absolute Gasteiger partial charge is 0.419 e. The summed E-state index contributed by atoms with van der Waals surface area (Å²) in [6, 6.07) is 9.55. The lowest BCUT2D eigenvalue weighted by Crippen LogP contribution is -2.30. The molecule has 1 amide bonds. The van der Waals surface area contributed by atoms with E-state index in [0.29, 0.717) is 12.2 Å². The number of ether oxygens (including phenoxy) is 1. The zero-order valence-electron chi connectivity index (χ0n) is 9.24. The lowest BCUT2D eigenvalue weighted by atomic mass is 10.2. The Morgan fingerprint density at radius 1 is 1.24 bits per heavy atom. The second-order valence-corrected chi connectivity index (χ2v) is 3.60. The van der Waals surface area contributed by atoms with Crippen molar-refractivity contribution in [1.82, 2.24) is 4.90 Å². The Morgan fingerprint density at radius 3 is 2.71 bits per heavy atom. The van der Waals surface area contributed by atoms with Gasteiger partial charge in [-0.1, -0.05) is 30.3 Å². The predicted octanol–water partition coefficient (Wildman–Crippen LogP) is 2.03. The maximum atomic E-state index is 11.7. The SMILES string of the molecule is O=C1OC=CC=C(CO)N1Cc1ccccc1. The summed E-state index contributed by atoms with van der Waals surface area (Å²) in [6.45, 7) is 0.181. The maximum Gasteiger partial charge on any atom is 0.419 e. The van der Waals surface area contributed by atoms with Gasteiger partial charge in [-0.3, -0.25) is 4.90 Å². The molecule has 88 valence electrons. The van der Waals surface area contributed by atoms with E-state index in [2.05, 4.69) is 0 Å². The van der Waals surface area contributed by atoms with Crippen molar-refractivity contribution in [2.24, 2.45) is 0 Å². The molecular weight excluding hydrogens is 218 g/mol. The van der Waals surface area contributed by atoms with Gasteiger partial charge in [-0.15, -0.1) is 0 Å². The fourth-order valence-corrected chi connectivity index (χ4v) is 1.59. The minimum absolute atomic E-state index is 0.202. The highest BCUT2D eigenvalue weighted by Gasteiger charge is 2.20. The molecule has 0 saturated heterocycles. The first kappa shape index (κ1) is 11.4. The molecule has 17 heavy (non-hydrogen) atoms. The van der Waals surface area contributed by atoms with Gasteiger partial charge >= 0.3 is 6.09 Å². The Labute approximate surface area is 99.4 Å². The zero-order valence-corrected chi connectivity index (χ0v) is 9.24. The van der Waals surface area contributed by atoms with Gasteiger partial charge in [0.25, 0.3) is 0 Å². The first-order valence-electron chi connectivity index (χ1n) is 5.30. The number of allylic oxidation sites excluding steroid dienone is 2. The van der Waals surface area contributed by atoms with Crippen molar-refractivity contribution in [2.45, 2.75) is 6.54 Å². The molecule has 1 aromatic carbocycles. The predicted molar refractivity (Wildman–Crippen MR) is 62.8 cm³/mol. The highest BCUT2D eigenvalue weighted by molar-refractivity contribution is 5.71. The van der Waals surface area contributed by atoms with Crippen molar-refractivity contribution in [3.05, 3.63) is 60.0 Å². The summed E-state index contributed by atoms with van der Waals surface area (Å²) in [5, 5.41) is 9.23. The molecule has 1 N–H and O–H groups in total. The van der Waals surface area contributed by atoms with Crippen LogP contribution in [0.25, 0.3) is 0 Å². The third kappa shape index (κ3) is 2.73. The summed E-state index contributed by atoms with van der Waals surface area (Å²) in [7, 11) is 0. The first-order chi connectivity index (χ1) is 8.31. The number of hydrogen-bond donors (Lipinski definition) is 1. The van der Waals surface area contributed by atoms with Crippen LogP contribution in [0.3, 0.4) is 0 Å². The third-order valence-corrected chi connectivity index (χ3v) is 2.45. The number of benzene rings is 1. The third-order valence-electron chi connectivity index (χ3n) is 2.45. The second kappa shape index (κ2) is 5.32. The number of carbonyl (C=O) groups is 1. The van der Waals surface area contributed by atoms with E-state index in [1.807, 2.05) is 30.3 Å². The van der Waals surface area contributed by atoms with E-state index in [9.17, 15) is 9.90 Å². The monoisotopic (exact) mass is 231 g/mol. The molecule has 2 rings (SSSR count). The summed E-state index contributed by atoms with van der Waals surface area (Å²) in [4.78, 5) is 13.1. The molecule has 1 heterocycles. The number of rotatable bonds is 3. The molecule has 1 aliphatic rings. The van der Waals surface area contributed by atoms with Crippen LogP contribution in [-0.4, -0.2) is 22.7 Å². The van der Waals surface area contributed by atoms with Gasteiger partial charge in [-0.25, -0.2) is 4.79 Å². The molecule has 0 spiro atoms. The molecule has 0 fully saturated rings. The smallest absolute Gasteiger partial charge is 0.418 e. The number of amides is 1. The summed E-state index contributed by atoms with van der Waals surface area (Å²) in [6.07, 6.45) is 4.08. The first-order valence-corrected chi connectivity index (χ1v) is 5.30. The molecule has 4 nitrogen and oxygen atoms in total. The van der Waals surface area contributed by atoms with Gasteiger partial charge in [-0.2, -0.15) is 0 Å². The second-order valence-electron chi connectivity index (χ2n) is 3.60. The van der Waals surface area contributed by atoms with Crippen LogP contribution >= 0.6 is 0 Å². The molecule has 0 bridgehead atoms. The van der Waals surface area contributed by atoms with Crippen LogP contribution in [0.4, 0.5) is 4.79 Å². The normalized spacial score (nSPS) is 15.2. The van der Waals surface area contributed by atoms with Crippen molar-refractivity contribution in [3.8, 4) is 0 Å².